The molecular formula is C11H16N2O2. The van der Waals surface area contributed by atoms with Crippen LogP contribution in [0.15, 0.2) is 23.1 Å². The quantitative estimate of drug-likeness (QED) is 0.739. The Balaban J connectivity index is 3.01. The molecule has 82 valence electrons. The van der Waals surface area contributed by atoms with Gasteiger partial charge in [0.05, 0.1) is 0 Å². The Labute approximate surface area is 89.1 Å². The topological polar surface area (TPSA) is 42.3 Å². The zero-order chi connectivity index (χ0) is 11.4. The standard InChI is InChI=1S/C11H16N2O2/c1-4-13(5-2)11(15)9-6-7-12(3)10(14)8-9/h6-8H,4-5H2,1-3H3. The largest absolute Gasteiger partial charge is 0.339 e. The maximum absolute atomic E-state index is 11.8. The van der Waals surface area contributed by atoms with Gasteiger partial charge in [-0.1, -0.05) is 0 Å². The van der Waals surface area contributed by atoms with Crippen LogP contribution in [-0.4, -0.2) is 28.5 Å². The van der Waals surface area contributed by atoms with Gasteiger partial charge in [0, 0.05) is 38.0 Å². The van der Waals surface area contributed by atoms with Crippen molar-refractivity contribution in [1.29, 1.82) is 0 Å². The first-order valence-corrected chi connectivity index (χ1v) is 5.06. The lowest BCUT2D eigenvalue weighted by Gasteiger charge is -2.18. The molecule has 0 atom stereocenters. The maximum atomic E-state index is 11.8. The molecule has 0 aromatic carbocycles. The van der Waals surface area contributed by atoms with E-state index in [2.05, 4.69) is 0 Å². The summed E-state index contributed by atoms with van der Waals surface area (Å²) in [5, 5.41) is 0. The third kappa shape index (κ3) is 2.46. The molecule has 1 amide bonds. The van der Waals surface area contributed by atoms with E-state index in [9.17, 15) is 9.59 Å². The molecule has 1 aromatic rings. The van der Waals surface area contributed by atoms with Gasteiger partial charge in [-0.2, -0.15) is 0 Å². The van der Waals surface area contributed by atoms with Crippen LogP contribution in [0.4, 0.5) is 0 Å². The Morgan fingerprint density at radius 3 is 2.47 bits per heavy atom. The zero-order valence-electron chi connectivity index (χ0n) is 9.36. The van der Waals surface area contributed by atoms with E-state index < -0.39 is 0 Å². The molecule has 4 heteroatoms. The minimum atomic E-state index is -0.159. The number of pyridine rings is 1. The second kappa shape index (κ2) is 4.77. The van der Waals surface area contributed by atoms with Gasteiger partial charge >= 0.3 is 0 Å². The van der Waals surface area contributed by atoms with Crippen molar-refractivity contribution < 1.29 is 4.79 Å². The van der Waals surface area contributed by atoms with Gasteiger partial charge in [0.2, 0.25) is 0 Å². The van der Waals surface area contributed by atoms with Crippen LogP contribution in [-0.2, 0) is 7.05 Å². The summed E-state index contributed by atoms with van der Waals surface area (Å²) in [6, 6.07) is 3.04. The Hall–Kier alpha value is -1.58. The highest BCUT2D eigenvalue weighted by molar-refractivity contribution is 5.94. The first-order chi connectivity index (χ1) is 7.10. The van der Waals surface area contributed by atoms with Crippen molar-refractivity contribution in [3.63, 3.8) is 0 Å². The summed E-state index contributed by atoms with van der Waals surface area (Å²) < 4.78 is 1.44. The number of carbonyl (C=O) groups excluding carboxylic acids is 1. The van der Waals surface area contributed by atoms with Gasteiger partial charge in [-0.05, 0) is 19.9 Å². The molecular weight excluding hydrogens is 192 g/mol. The van der Waals surface area contributed by atoms with E-state index in [1.807, 2.05) is 13.8 Å². The van der Waals surface area contributed by atoms with Crippen LogP contribution in [0.2, 0.25) is 0 Å². The normalized spacial score (nSPS) is 10.1. The van der Waals surface area contributed by atoms with Crippen LogP contribution in [0, 0.1) is 0 Å². The Morgan fingerprint density at radius 1 is 1.40 bits per heavy atom. The van der Waals surface area contributed by atoms with Crippen LogP contribution in [0.25, 0.3) is 0 Å². The molecule has 0 spiro atoms. The second-order valence-corrected chi connectivity index (χ2v) is 3.34. The molecule has 0 aliphatic rings. The number of hydrogen-bond acceptors (Lipinski definition) is 2. The summed E-state index contributed by atoms with van der Waals surface area (Å²) in [6.45, 7) is 5.15. The molecule has 0 bridgehead atoms. The summed E-state index contributed by atoms with van der Waals surface area (Å²) >= 11 is 0. The molecule has 1 rings (SSSR count). The van der Waals surface area contributed by atoms with E-state index >= 15 is 0 Å². The molecule has 4 nitrogen and oxygen atoms in total. The zero-order valence-corrected chi connectivity index (χ0v) is 9.36. The number of carbonyl (C=O) groups is 1. The Kier molecular flexibility index (Phi) is 3.66. The van der Waals surface area contributed by atoms with Gasteiger partial charge in [-0.15, -0.1) is 0 Å². The fourth-order valence-electron chi connectivity index (χ4n) is 1.37. The van der Waals surface area contributed by atoms with E-state index in [0.29, 0.717) is 18.7 Å². The summed E-state index contributed by atoms with van der Waals surface area (Å²) in [5.74, 6) is -0.0855. The van der Waals surface area contributed by atoms with Crippen molar-refractivity contribution in [2.45, 2.75) is 13.8 Å². The third-order valence-corrected chi connectivity index (χ3v) is 2.40. The van der Waals surface area contributed by atoms with Crippen LogP contribution in [0.5, 0.6) is 0 Å². The molecule has 0 aliphatic heterocycles. The van der Waals surface area contributed by atoms with Crippen molar-refractivity contribution in [1.82, 2.24) is 9.47 Å². The van der Waals surface area contributed by atoms with Gasteiger partial charge in [0.15, 0.2) is 0 Å². The predicted octanol–water partition coefficient (Wildman–Crippen LogP) is 0.867. The summed E-state index contributed by atoms with van der Waals surface area (Å²) in [4.78, 5) is 24.9. The molecule has 15 heavy (non-hydrogen) atoms. The van der Waals surface area contributed by atoms with Crippen LogP contribution in [0.1, 0.15) is 24.2 Å². The predicted molar refractivity (Wildman–Crippen MR) is 58.9 cm³/mol. The van der Waals surface area contributed by atoms with Crippen molar-refractivity contribution in [2.75, 3.05) is 13.1 Å². The molecule has 0 N–H and O–H groups in total. The van der Waals surface area contributed by atoms with Crippen LogP contribution in [0.3, 0.4) is 0 Å². The molecule has 0 saturated carbocycles. The molecule has 0 fully saturated rings. The molecule has 0 unspecified atom stereocenters. The number of rotatable bonds is 3. The van der Waals surface area contributed by atoms with Crippen molar-refractivity contribution in [2.24, 2.45) is 7.05 Å². The van der Waals surface area contributed by atoms with E-state index in [4.69, 9.17) is 0 Å². The monoisotopic (exact) mass is 208 g/mol. The van der Waals surface area contributed by atoms with Crippen LogP contribution >= 0.6 is 0 Å². The number of nitrogens with zero attached hydrogens (tertiary/aromatic N) is 2. The highest BCUT2D eigenvalue weighted by Crippen LogP contribution is 2.01. The molecule has 0 saturated heterocycles. The molecule has 0 aliphatic carbocycles. The van der Waals surface area contributed by atoms with Gasteiger partial charge in [-0.25, -0.2) is 0 Å². The van der Waals surface area contributed by atoms with Crippen molar-refractivity contribution in [3.8, 4) is 0 Å². The summed E-state index contributed by atoms with van der Waals surface area (Å²) in [5.41, 5.74) is 0.301. The summed E-state index contributed by atoms with van der Waals surface area (Å²) in [6.07, 6.45) is 1.61. The smallest absolute Gasteiger partial charge is 0.254 e. The van der Waals surface area contributed by atoms with Crippen molar-refractivity contribution in [3.05, 3.63) is 34.2 Å². The molecule has 0 radical (unpaired) electrons. The Morgan fingerprint density at radius 2 is 2.00 bits per heavy atom. The number of aromatic nitrogens is 1. The molecule has 1 aromatic heterocycles. The Bertz CT molecular complexity index is 405. The minimum absolute atomic E-state index is 0.0855. The second-order valence-electron chi connectivity index (χ2n) is 3.34. The summed E-state index contributed by atoms with van der Waals surface area (Å²) in [7, 11) is 1.66. The number of amides is 1. The lowest BCUT2D eigenvalue weighted by molar-refractivity contribution is 0.0772. The fourth-order valence-corrected chi connectivity index (χ4v) is 1.37. The lowest BCUT2D eigenvalue weighted by atomic mass is 10.2. The van der Waals surface area contributed by atoms with Gasteiger partial charge in [0.25, 0.3) is 11.5 Å². The average molecular weight is 208 g/mol. The van der Waals surface area contributed by atoms with Gasteiger partial charge in [0.1, 0.15) is 0 Å². The van der Waals surface area contributed by atoms with E-state index in [1.54, 1.807) is 24.2 Å². The third-order valence-electron chi connectivity index (χ3n) is 2.40. The number of hydrogen-bond donors (Lipinski definition) is 0. The van der Waals surface area contributed by atoms with Crippen LogP contribution < -0.4 is 5.56 Å². The molecule has 1 heterocycles. The van der Waals surface area contributed by atoms with E-state index in [0.717, 1.165) is 0 Å². The SMILES string of the molecule is CCN(CC)C(=O)c1ccn(C)c(=O)c1. The maximum Gasteiger partial charge on any atom is 0.254 e. The highest BCUT2D eigenvalue weighted by atomic mass is 16.2. The number of aryl methyl sites for hydroxylation is 1. The highest BCUT2D eigenvalue weighted by Gasteiger charge is 2.12. The fraction of sp³-hybridized carbons (Fsp3) is 0.455. The average Bonchev–Trinajstić information content (AvgIpc) is 2.23. The first kappa shape index (κ1) is 11.5. The first-order valence-electron chi connectivity index (χ1n) is 5.06. The minimum Gasteiger partial charge on any atom is -0.339 e. The van der Waals surface area contributed by atoms with E-state index in [-0.39, 0.29) is 11.5 Å². The van der Waals surface area contributed by atoms with Crippen molar-refractivity contribution >= 4 is 5.91 Å². The lowest BCUT2D eigenvalue weighted by Crippen LogP contribution is -2.31. The van der Waals surface area contributed by atoms with Gasteiger partial charge in [-0.3, -0.25) is 9.59 Å². The van der Waals surface area contributed by atoms with Gasteiger partial charge < -0.3 is 9.47 Å². The van der Waals surface area contributed by atoms with E-state index in [1.165, 1.54) is 10.6 Å².